The first-order valence-corrected chi connectivity index (χ1v) is 7.11. The number of rotatable bonds is 3. The molecule has 2 aromatic heterocycles. The lowest BCUT2D eigenvalue weighted by atomic mass is 10.2. The highest BCUT2D eigenvalue weighted by Gasteiger charge is 2.19. The number of aryl methyl sites for hydroxylation is 1. The molecule has 9 heteroatoms. The molecule has 0 aliphatic rings. The van der Waals surface area contributed by atoms with Gasteiger partial charge in [0.2, 0.25) is 11.9 Å². The van der Waals surface area contributed by atoms with Crippen molar-refractivity contribution in [1.29, 1.82) is 0 Å². The molecule has 0 unspecified atom stereocenters. The van der Waals surface area contributed by atoms with Crippen molar-refractivity contribution >= 4 is 34.9 Å². The van der Waals surface area contributed by atoms with Crippen molar-refractivity contribution in [3.63, 3.8) is 0 Å². The molecule has 2 amide bonds. The first-order valence-electron chi connectivity index (χ1n) is 7.11. The predicted octanol–water partition coefficient (Wildman–Crippen LogP) is 1.23. The highest BCUT2D eigenvalue weighted by atomic mass is 16.2. The van der Waals surface area contributed by atoms with Gasteiger partial charge in [-0.25, -0.2) is 4.98 Å². The van der Waals surface area contributed by atoms with Crippen LogP contribution in [-0.2, 0) is 4.79 Å². The number of nitrogens with two attached hydrogens (primary N) is 1. The summed E-state index contributed by atoms with van der Waals surface area (Å²) in [4.78, 5) is 27.5. The lowest BCUT2D eigenvalue weighted by Gasteiger charge is -2.04. The van der Waals surface area contributed by atoms with Crippen LogP contribution in [-0.4, -0.2) is 31.4 Å². The highest BCUT2D eigenvalue weighted by Crippen LogP contribution is 2.16. The van der Waals surface area contributed by atoms with E-state index in [9.17, 15) is 9.59 Å². The fourth-order valence-electron chi connectivity index (χ4n) is 2.13. The molecule has 0 fully saturated rings. The molecule has 0 spiro atoms. The van der Waals surface area contributed by atoms with Crippen LogP contribution in [0.25, 0.3) is 5.65 Å². The lowest BCUT2D eigenvalue weighted by molar-refractivity contribution is -0.114. The van der Waals surface area contributed by atoms with Crippen molar-refractivity contribution in [3.8, 4) is 0 Å². The van der Waals surface area contributed by atoms with E-state index in [1.807, 2.05) is 19.1 Å². The van der Waals surface area contributed by atoms with Gasteiger partial charge in [-0.2, -0.15) is 0 Å². The van der Waals surface area contributed by atoms with Crippen molar-refractivity contribution in [2.45, 2.75) is 13.8 Å². The molecule has 1 aromatic carbocycles. The van der Waals surface area contributed by atoms with Gasteiger partial charge < -0.3 is 16.4 Å². The molecule has 3 aromatic rings. The summed E-state index contributed by atoms with van der Waals surface area (Å²) in [7, 11) is 0. The second-order valence-corrected chi connectivity index (χ2v) is 5.23. The fourth-order valence-corrected chi connectivity index (χ4v) is 2.13. The van der Waals surface area contributed by atoms with Gasteiger partial charge in [0.05, 0.1) is 6.20 Å². The maximum Gasteiger partial charge on any atom is 0.278 e. The van der Waals surface area contributed by atoms with E-state index >= 15 is 0 Å². The van der Waals surface area contributed by atoms with E-state index in [0.717, 1.165) is 5.56 Å². The Labute approximate surface area is 136 Å². The van der Waals surface area contributed by atoms with Crippen molar-refractivity contribution < 1.29 is 9.59 Å². The second-order valence-electron chi connectivity index (χ2n) is 5.23. The third-order valence-electron chi connectivity index (χ3n) is 3.25. The summed E-state index contributed by atoms with van der Waals surface area (Å²) in [5.74, 6) is -0.459. The number of hydrogen-bond acceptors (Lipinski definition) is 6. The Morgan fingerprint density at radius 3 is 2.50 bits per heavy atom. The number of benzene rings is 1. The van der Waals surface area contributed by atoms with Gasteiger partial charge in [-0.3, -0.25) is 14.0 Å². The molecule has 0 saturated heterocycles. The van der Waals surface area contributed by atoms with Gasteiger partial charge in [0.15, 0.2) is 17.2 Å². The fraction of sp³-hybridized carbons (Fsp3) is 0.133. The molecule has 9 nitrogen and oxygen atoms in total. The Morgan fingerprint density at radius 1 is 1.12 bits per heavy atom. The van der Waals surface area contributed by atoms with Crippen molar-refractivity contribution in [2.24, 2.45) is 0 Å². The zero-order chi connectivity index (χ0) is 17.3. The predicted molar refractivity (Wildman–Crippen MR) is 88.6 cm³/mol. The summed E-state index contributed by atoms with van der Waals surface area (Å²) >= 11 is 0. The number of amides is 2. The van der Waals surface area contributed by atoms with Crippen LogP contribution in [0.15, 0.2) is 30.5 Å². The van der Waals surface area contributed by atoms with Crippen LogP contribution in [0.5, 0.6) is 0 Å². The maximum absolute atomic E-state index is 12.4. The zero-order valence-electron chi connectivity index (χ0n) is 13.1. The molecule has 0 bridgehead atoms. The van der Waals surface area contributed by atoms with E-state index in [4.69, 9.17) is 5.73 Å². The van der Waals surface area contributed by atoms with Crippen LogP contribution in [0.4, 0.5) is 17.5 Å². The largest absolute Gasteiger partial charge is 0.369 e. The molecule has 0 radical (unpaired) electrons. The summed E-state index contributed by atoms with van der Waals surface area (Å²) in [6.45, 7) is 3.31. The van der Waals surface area contributed by atoms with Gasteiger partial charge >= 0.3 is 0 Å². The molecule has 0 aliphatic carbocycles. The van der Waals surface area contributed by atoms with Gasteiger partial charge in [-0.05, 0) is 19.1 Å². The first-order chi connectivity index (χ1) is 11.4. The third-order valence-corrected chi connectivity index (χ3v) is 3.25. The summed E-state index contributed by atoms with van der Waals surface area (Å²) < 4.78 is 1.39. The number of nitrogen functional groups attached to an aromatic ring is 1. The van der Waals surface area contributed by atoms with Crippen LogP contribution in [0.3, 0.4) is 0 Å². The van der Waals surface area contributed by atoms with Gasteiger partial charge in [-0.1, -0.05) is 17.7 Å². The quantitative estimate of drug-likeness (QED) is 0.664. The smallest absolute Gasteiger partial charge is 0.278 e. The summed E-state index contributed by atoms with van der Waals surface area (Å²) in [5.41, 5.74) is 7.79. The highest BCUT2D eigenvalue weighted by molar-refractivity contribution is 6.07. The molecule has 0 aliphatic heterocycles. The van der Waals surface area contributed by atoms with Crippen molar-refractivity contribution in [2.75, 3.05) is 16.4 Å². The third kappa shape index (κ3) is 3.00. The number of fused-ring (bicyclic) bond motifs is 1. The molecule has 24 heavy (non-hydrogen) atoms. The lowest BCUT2D eigenvalue weighted by Crippen LogP contribution is -2.14. The number of carbonyl (C=O) groups excluding carboxylic acids is 2. The number of nitrogens with one attached hydrogen (secondary N) is 2. The van der Waals surface area contributed by atoms with E-state index in [0.29, 0.717) is 5.69 Å². The Kier molecular flexibility index (Phi) is 3.82. The van der Waals surface area contributed by atoms with Crippen molar-refractivity contribution in [3.05, 3.63) is 41.7 Å². The zero-order valence-corrected chi connectivity index (χ0v) is 13.1. The SMILES string of the molecule is CC(=O)Nc1cn2c(N)nc(C(=O)Nc3ccc(C)cc3)c2nn1. The van der Waals surface area contributed by atoms with Gasteiger partial charge in [0.25, 0.3) is 5.91 Å². The normalized spacial score (nSPS) is 10.6. The molecule has 4 N–H and O–H groups in total. The van der Waals surface area contributed by atoms with Crippen LogP contribution in [0.1, 0.15) is 23.0 Å². The second kappa shape index (κ2) is 5.95. The summed E-state index contributed by atoms with van der Waals surface area (Å²) in [6.07, 6.45) is 1.45. The van der Waals surface area contributed by atoms with Crippen LogP contribution < -0.4 is 16.4 Å². The molecule has 3 rings (SSSR count). The molecular formula is C15H15N7O2. The molecule has 122 valence electrons. The van der Waals surface area contributed by atoms with Gasteiger partial charge in [-0.15, -0.1) is 10.2 Å². The van der Waals surface area contributed by atoms with Crippen LogP contribution in [0, 0.1) is 6.92 Å². The van der Waals surface area contributed by atoms with E-state index in [-0.39, 0.29) is 29.0 Å². The minimum Gasteiger partial charge on any atom is -0.369 e. The van der Waals surface area contributed by atoms with Crippen LogP contribution >= 0.6 is 0 Å². The van der Waals surface area contributed by atoms with E-state index in [2.05, 4.69) is 25.8 Å². The number of anilines is 3. The van der Waals surface area contributed by atoms with E-state index in [1.54, 1.807) is 12.1 Å². The number of carbonyl (C=O) groups is 2. The van der Waals surface area contributed by atoms with Gasteiger partial charge in [0, 0.05) is 12.6 Å². The molecule has 2 heterocycles. The maximum atomic E-state index is 12.4. The number of imidazole rings is 1. The minimum atomic E-state index is -0.449. The Balaban J connectivity index is 1.93. The topological polar surface area (TPSA) is 127 Å². The first kappa shape index (κ1) is 15.4. The van der Waals surface area contributed by atoms with Crippen molar-refractivity contribution in [1.82, 2.24) is 19.6 Å². The Hall–Kier alpha value is -3.49. The minimum absolute atomic E-state index is 0.0509. The van der Waals surface area contributed by atoms with E-state index in [1.165, 1.54) is 17.5 Å². The Morgan fingerprint density at radius 2 is 1.83 bits per heavy atom. The average molecular weight is 325 g/mol. The average Bonchev–Trinajstić information content (AvgIpc) is 2.86. The number of hydrogen-bond donors (Lipinski definition) is 3. The standard InChI is InChI=1S/C15H15N7O2/c1-8-3-5-10(6-4-8)18-14(24)12-13-21-20-11(17-9(2)23)7-22(13)15(16)19-12/h3-7H,1-2H3,(H2,16,19)(H,17,23)(H,18,24). The molecule has 0 saturated carbocycles. The van der Waals surface area contributed by atoms with Crippen LogP contribution in [0.2, 0.25) is 0 Å². The van der Waals surface area contributed by atoms with E-state index < -0.39 is 5.91 Å². The number of nitrogens with zero attached hydrogens (tertiary/aromatic N) is 4. The number of aromatic nitrogens is 4. The summed E-state index contributed by atoms with van der Waals surface area (Å²) in [6, 6.07) is 7.34. The Bertz CT molecular complexity index is 931. The summed E-state index contributed by atoms with van der Waals surface area (Å²) in [5, 5.41) is 13.0. The van der Waals surface area contributed by atoms with Gasteiger partial charge in [0.1, 0.15) is 0 Å². The molecular weight excluding hydrogens is 310 g/mol. The monoisotopic (exact) mass is 325 g/mol. The molecule has 0 atom stereocenters.